The van der Waals surface area contributed by atoms with Crippen LogP contribution in [0.5, 0.6) is 5.75 Å². The number of aryl methyl sites for hydroxylation is 2. The number of nitrogens with zero attached hydrogens (tertiary/aromatic N) is 2. The smallest absolute Gasteiger partial charge is 0.340 e. The fourth-order valence-electron chi connectivity index (χ4n) is 4.04. The second kappa shape index (κ2) is 8.22. The zero-order chi connectivity index (χ0) is 22.2. The van der Waals surface area contributed by atoms with Crippen LogP contribution in [0.4, 0.5) is 0 Å². The fraction of sp³-hybridized carbons (Fsp3) is 0.333. The Bertz CT molecular complexity index is 1090. The third-order valence-electron chi connectivity index (χ3n) is 5.56. The number of hydrogen-bond acceptors (Lipinski definition) is 4. The van der Waals surface area contributed by atoms with E-state index in [-0.39, 0.29) is 5.91 Å². The molecule has 1 aliphatic rings. The van der Waals surface area contributed by atoms with Crippen molar-refractivity contribution < 1.29 is 19.1 Å². The van der Waals surface area contributed by atoms with Crippen LogP contribution >= 0.6 is 0 Å². The molecule has 1 aromatic carbocycles. The average molecular weight is 408 g/mol. The van der Waals surface area contributed by atoms with Crippen LogP contribution < -0.4 is 4.74 Å². The molecule has 1 aliphatic heterocycles. The molecule has 2 aromatic rings. The summed E-state index contributed by atoms with van der Waals surface area (Å²) in [6.07, 6.45) is 1.79. The molecule has 2 heterocycles. The summed E-state index contributed by atoms with van der Waals surface area (Å²) in [7, 11) is 2.98. The monoisotopic (exact) mass is 408 g/mol. The first-order valence-electron chi connectivity index (χ1n) is 9.92. The molecule has 30 heavy (non-hydrogen) atoms. The number of methoxy groups -OCH3 is 2. The molecule has 0 fully saturated rings. The molecule has 1 amide bonds. The average Bonchev–Trinajstić information content (AvgIpc) is 3.13. The number of rotatable bonds is 5. The maximum absolute atomic E-state index is 13.0. The van der Waals surface area contributed by atoms with E-state index in [1.807, 2.05) is 45.9 Å². The van der Waals surface area contributed by atoms with Crippen molar-refractivity contribution in [3.8, 4) is 11.4 Å². The second-order valence-electron chi connectivity index (χ2n) is 7.40. The summed E-state index contributed by atoms with van der Waals surface area (Å²) in [6, 6.07) is 8.03. The highest BCUT2D eigenvalue weighted by atomic mass is 16.5. The van der Waals surface area contributed by atoms with E-state index in [2.05, 4.69) is 10.6 Å². The van der Waals surface area contributed by atoms with Crippen molar-refractivity contribution in [1.29, 1.82) is 0 Å². The van der Waals surface area contributed by atoms with Crippen LogP contribution in [0.3, 0.4) is 0 Å². The highest BCUT2D eigenvalue weighted by molar-refractivity contribution is 6.16. The van der Waals surface area contributed by atoms with Gasteiger partial charge < -0.3 is 18.9 Å². The van der Waals surface area contributed by atoms with E-state index in [1.54, 1.807) is 25.0 Å². The number of carbonyl (C=O) groups is 2. The van der Waals surface area contributed by atoms with Gasteiger partial charge in [-0.05, 0) is 70.0 Å². The van der Waals surface area contributed by atoms with E-state index in [0.29, 0.717) is 23.4 Å². The lowest BCUT2D eigenvalue weighted by Gasteiger charge is -2.15. The number of hydrogen-bond donors (Lipinski definition) is 0. The Hall–Kier alpha value is -3.28. The molecular weight excluding hydrogens is 380 g/mol. The van der Waals surface area contributed by atoms with Gasteiger partial charge in [0.05, 0.1) is 31.1 Å². The third-order valence-corrected chi connectivity index (χ3v) is 5.56. The molecule has 0 unspecified atom stereocenters. The van der Waals surface area contributed by atoms with Gasteiger partial charge in [0.2, 0.25) is 0 Å². The highest BCUT2D eigenvalue weighted by Crippen LogP contribution is 2.34. The number of likely N-dealkylation sites (N-methyl/N-ethyl adjacent to an activating group) is 1. The molecule has 0 atom stereocenters. The fourth-order valence-corrected chi connectivity index (χ4v) is 4.04. The summed E-state index contributed by atoms with van der Waals surface area (Å²) in [5.74, 6) is 0.0762. The molecule has 0 bridgehead atoms. The Morgan fingerprint density at radius 1 is 1.10 bits per heavy atom. The van der Waals surface area contributed by atoms with E-state index in [1.165, 1.54) is 7.11 Å². The highest BCUT2D eigenvalue weighted by Gasteiger charge is 2.36. The van der Waals surface area contributed by atoms with Crippen LogP contribution in [0.1, 0.15) is 36.4 Å². The Balaban J connectivity index is 2.18. The third kappa shape index (κ3) is 3.43. The van der Waals surface area contributed by atoms with Gasteiger partial charge in [0.1, 0.15) is 5.75 Å². The number of carbonyl (C=O) groups excluding carboxylic acids is 2. The van der Waals surface area contributed by atoms with E-state index in [9.17, 15) is 9.59 Å². The van der Waals surface area contributed by atoms with Crippen LogP contribution in [0, 0.1) is 20.8 Å². The van der Waals surface area contributed by atoms with E-state index < -0.39 is 5.97 Å². The second-order valence-corrected chi connectivity index (χ2v) is 7.40. The topological polar surface area (TPSA) is 60.8 Å². The van der Waals surface area contributed by atoms with Gasteiger partial charge in [-0.15, -0.1) is 0 Å². The number of esters is 1. The summed E-state index contributed by atoms with van der Waals surface area (Å²) < 4.78 is 12.6. The molecule has 0 aliphatic carbocycles. The molecule has 0 saturated carbocycles. The lowest BCUT2D eigenvalue weighted by Crippen LogP contribution is -2.24. The van der Waals surface area contributed by atoms with Gasteiger partial charge in [-0.1, -0.05) is 6.07 Å². The van der Waals surface area contributed by atoms with Crippen molar-refractivity contribution in [2.24, 2.45) is 0 Å². The quantitative estimate of drug-likeness (QED) is 0.552. The van der Waals surface area contributed by atoms with Crippen molar-refractivity contribution in [3.05, 3.63) is 63.6 Å². The number of allylic oxidation sites excluding steroid dienone is 1. The van der Waals surface area contributed by atoms with Gasteiger partial charge in [-0.25, -0.2) is 4.79 Å². The van der Waals surface area contributed by atoms with E-state index in [4.69, 9.17) is 9.47 Å². The molecule has 3 rings (SSSR count). The van der Waals surface area contributed by atoms with Crippen LogP contribution in [0.2, 0.25) is 0 Å². The van der Waals surface area contributed by atoms with E-state index >= 15 is 0 Å². The van der Waals surface area contributed by atoms with Gasteiger partial charge in [-0.2, -0.15) is 0 Å². The van der Waals surface area contributed by atoms with E-state index in [0.717, 1.165) is 34.0 Å². The standard InChI is InChI=1S/C24H28N2O4/c1-8-25-17(5)22(24(28)30-7)19(23(25)27)13-18-12-15(3)26(16(18)4)20-11-14(2)9-10-21(20)29-6/h9-13H,8H2,1-7H3. The number of amides is 1. The first kappa shape index (κ1) is 21.4. The molecule has 0 N–H and O–H groups in total. The Labute approximate surface area is 177 Å². The molecule has 6 nitrogen and oxygen atoms in total. The zero-order valence-electron chi connectivity index (χ0n) is 18.6. The predicted octanol–water partition coefficient (Wildman–Crippen LogP) is 4.10. The summed E-state index contributed by atoms with van der Waals surface area (Å²) in [4.78, 5) is 27.0. The molecule has 158 valence electrons. The van der Waals surface area contributed by atoms with Gasteiger partial charge >= 0.3 is 5.97 Å². The van der Waals surface area contributed by atoms with Gasteiger partial charge in [-0.3, -0.25) is 4.79 Å². The Kier molecular flexibility index (Phi) is 5.87. The summed E-state index contributed by atoms with van der Waals surface area (Å²) in [5, 5.41) is 0. The summed E-state index contributed by atoms with van der Waals surface area (Å²) in [6.45, 7) is 10.2. The normalized spacial score (nSPS) is 15.4. The summed E-state index contributed by atoms with van der Waals surface area (Å²) >= 11 is 0. The van der Waals surface area contributed by atoms with Crippen molar-refractivity contribution in [2.45, 2.75) is 34.6 Å². The minimum atomic E-state index is -0.503. The molecule has 1 aromatic heterocycles. The first-order chi connectivity index (χ1) is 14.2. The SMILES string of the molecule is CCN1C(=O)C(=Cc2cc(C)n(-c3cc(C)ccc3OC)c2C)C(C(=O)OC)=C1C. The minimum absolute atomic E-state index is 0.187. The zero-order valence-corrected chi connectivity index (χ0v) is 18.6. The van der Waals surface area contributed by atoms with Crippen molar-refractivity contribution >= 4 is 18.0 Å². The molecule has 0 spiro atoms. The Morgan fingerprint density at radius 2 is 1.80 bits per heavy atom. The predicted molar refractivity (Wildman–Crippen MR) is 117 cm³/mol. The maximum atomic E-state index is 13.0. The lowest BCUT2D eigenvalue weighted by atomic mass is 10.0. The van der Waals surface area contributed by atoms with Gasteiger partial charge in [0.25, 0.3) is 5.91 Å². The van der Waals surface area contributed by atoms with Crippen LogP contribution in [0.15, 0.2) is 41.1 Å². The van der Waals surface area contributed by atoms with Crippen molar-refractivity contribution in [3.63, 3.8) is 0 Å². The lowest BCUT2D eigenvalue weighted by molar-refractivity contribution is -0.136. The molecule has 0 saturated heterocycles. The largest absolute Gasteiger partial charge is 0.495 e. The van der Waals surface area contributed by atoms with Gasteiger partial charge in [0, 0.05) is 23.6 Å². The van der Waals surface area contributed by atoms with Crippen molar-refractivity contribution in [2.75, 3.05) is 20.8 Å². The van der Waals surface area contributed by atoms with Crippen LogP contribution in [0.25, 0.3) is 11.8 Å². The van der Waals surface area contributed by atoms with Crippen LogP contribution in [-0.4, -0.2) is 42.1 Å². The maximum Gasteiger partial charge on any atom is 0.340 e. The minimum Gasteiger partial charge on any atom is -0.495 e. The first-order valence-corrected chi connectivity index (χ1v) is 9.92. The number of aromatic nitrogens is 1. The summed E-state index contributed by atoms with van der Waals surface area (Å²) in [5.41, 5.74) is 6.18. The Morgan fingerprint density at radius 3 is 2.40 bits per heavy atom. The molecular formula is C24H28N2O4. The molecule has 6 heteroatoms. The molecule has 0 radical (unpaired) electrons. The number of ether oxygens (including phenoxy) is 2. The van der Waals surface area contributed by atoms with Crippen molar-refractivity contribution in [1.82, 2.24) is 9.47 Å². The van der Waals surface area contributed by atoms with Gasteiger partial charge in [0.15, 0.2) is 0 Å². The van der Waals surface area contributed by atoms with Crippen LogP contribution in [-0.2, 0) is 14.3 Å². The number of benzene rings is 1.